The van der Waals surface area contributed by atoms with Crippen molar-refractivity contribution in [3.05, 3.63) is 49.9 Å². The van der Waals surface area contributed by atoms with Crippen molar-refractivity contribution < 1.29 is 28.6 Å². The monoisotopic (exact) mass is 540 g/mol. The Balaban J connectivity index is 2.08. The van der Waals surface area contributed by atoms with E-state index in [1.54, 1.807) is 12.1 Å². The highest BCUT2D eigenvalue weighted by molar-refractivity contribution is 8.19. The van der Waals surface area contributed by atoms with Gasteiger partial charge in [0.1, 0.15) is 11.1 Å². The molecule has 1 amide bonds. The number of carboxylic acids is 1. The number of hydrogen-bond donors (Lipinski definition) is 1. The van der Waals surface area contributed by atoms with Crippen LogP contribution in [0, 0.1) is 16.0 Å². The minimum atomic E-state index is -2.28. The Labute approximate surface area is 213 Å². The molecule has 0 aromatic heterocycles. The van der Waals surface area contributed by atoms with Gasteiger partial charge in [0.05, 0.1) is 16.9 Å². The number of benzene rings is 1. The van der Waals surface area contributed by atoms with Crippen LogP contribution in [0.3, 0.4) is 0 Å². The Hall–Kier alpha value is -1.86. The van der Waals surface area contributed by atoms with Gasteiger partial charge in [0.2, 0.25) is 10.1 Å². The Bertz CT molecular complexity index is 1070. The summed E-state index contributed by atoms with van der Waals surface area (Å²) in [5, 5.41) is 20.9. The van der Waals surface area contributed by atoms with Crippen molar-refractivity contribution in [2.45, 2.75) is 69.6 Å². The van der Waals surface area contributed by atoms with Gasteiger partial charge in [0.15, 0.2) is 14.0 Å². The summed E-state index contributed by atoms with van der Waals surface area (Å²) in [6.07, 6.45) is 1.73. The van der Waals surface area contributed by atoms with Crippen molar-refractivity contribution >= 4 is 48.8 Å². The molecular weight excluding hydrogens is 508 g/mol. The minimum absolute atomic E-state index is 0.0594. The summed E-state index contributed by atoms with van der Waals surface area (Å²) >= 11 is -0.466. The maximum atomic E-state index is 13.6. The van der Waals surface area contributed by atoms with E-state index in [0.29, 0.717) is 12.0 Å². The first-order chi connectivity index (χ1) is 16.1. The van der Waals surface area contributed by atoms with Crippen LogP contribution in [0.5, 0.6) is 0 Å². The fourth-order valence-corrected chi connectivity index (χ4v) is 8.58. The predicted octanol–water partition coefficient (Wildman–Crippen LogP) is 4.47. The summed E-state index contributed by atoms with van der Waals surface area (Å²) in [7, 11) is -2.28. The third-order valence-corrected chi connectivity index (χ3v) is 14.6. The number of rotatable bonds is 9. The van der Waals surface area contributed by atoms with E-state index in [-0.39, 0.29) is 33.0 Å². The Morgan fingerprint density at radius 2 is 1.91 bits per heavy atom. The number of carboxylic acid groups (broad SMARTS) is 1. The number of fused-ring (bicyclic) bond motifs is 1. The average molecular weight is 541 g/mol. The van der Waals surface area contributed by atoms with Crippen molar-refractivity contribution in [3.8, 4) is 0 Å². The molecule has 1 fully saturated rings. The van der Waals surface area contributed by atoms with E-state index < -0.39 is 47.3 Å². The second-order valence-corrected chi connectivity index (χ2v) is 18.1. The summed E-state index contributed by atoms with van der Waals surface area (Å²) in [6, 6.07) is 6.00. The molecule has 1 aromatic carbocycles. The molecule has 12 heteroatoms. The van der Waals surface area contributed by atoms with Crippen LogP contribution in [0.1, 0.15) is 39.7 Å². The van der Waals surface area contributed by atoms with E-state index in [9.17, 15) is 29.4 Å². The number of amides is 1. The number of nitro benzene ring substituents is 1. The molecule has 0 saturated carbocycles. The van der Waals surface area contributed by atoms with Crippen molar-refractivity contribution in [2.24, 2.45) is 5.92 Å². The predicted molar refractivity (Wildman–Crippen MR) is 139 cm³/mol. The molecule has 3 rings (SSSR count). The lowest BCUT2D eigenvalue weighted by Gasteiger charge is -2.56. The fourth-order valence-electron chi connectivity index (χ4n) is 4.32. The number of hydrogen-bond acceptors (Lipinski definition) is 7. The zero-order valence-electron chi connectivity index (χ0n) is 21.0. The van der Waals surface area contributed by atoms with Gasteiger partial charge in [-0.05, 0) is 53.1 Å². The number of nitrogens with zero attached hydrogens (tertiary/aromatic N) is 2. The smallest absolute Gasteiger partial charge is 0.358 e. The molecule has 4 atom stereocenters. The van der Waals surface area contributed by atoms with Crippen LogP contribution in [0.15, 0.2) is 34.2 Å². The van der Waals surface area contributed by atoms with Crippen LogP contribution < -0.4 is 0 Å². The summed E-state index contributed by atoms with van der Waals surface area (Å²) in [4.78, 5) is 36.6. The highest BCUT2D eigenvalue weighted by Gasteiger charge is 2.71. The van der Waals surface area contributed by atoms with Gasteiger partial charge in [-0.15, -0.1) is 0 Å². The minimum Gasteiger partial charge on any atom is -0.611 e. The average Bonchev–Trinajstić information content (AvgIpc) is 3.04. The van der Waals surface area contributed by atoms with Crippen molar-refractivity contribution in [2.75, 3.05) is 6.26 Å². The number of thioether (sulfide) groups is 1. The number of β-lactam (4-membered cyclic amide) rings is 1. The topological polar surface area (TPSA) is 133 Å². The second-order valence-electron chi connectivity index (χ2n) is 10.4. The van der Waals surface area contributed by atoms with E-state index in [4.69, 9.17) is 4.43 Å². The van der Waals surface area contributed by atoms with Gasteiger partial charge in [-0.1, -0.05) is 39.8 Å². The fraction of sp³-hybridized carbons (Fsp3) is 0.565. The van der Waals surface area contributed by atoms with Gasteiger partial charge < -0.3 is 14.1 Å². The zero-order chi connectivity index (χ0) is 26.5. The lowest BCUT2D eigenvalue weighted by Crippen LogP contribution is -2.72. The summed E-state index contributed by atoms with van der Waals surface area (Å²) in [6.45, 7) is 12.5. The summed E-state index contributed by atoms with van der Waals surface area (Å²) in [5.41, 5.74) is 0.401. The Morgan fingerprint density at radius 1 is 1.34 bits per heavy atom. The maximum absolute atomic E-state index is 13.6. The van der Waals surface area contributed by atoms with Gasteiger partial charge in [-0.2, -0.15) is 0 Å². The Kier molecular flexibility index (Phi) is 7.56. The largest absolute Gasteiger partial charge is 0.611 e. The van der Waals surface area contributed by atoms with Gasteiger partial charge >= 0.3 is 5.97 Å². The molecule has 0 spiro atoms. The highest BCUT2D eigenvalue weighted by atomic mass is 32.3. The standard InChI is InChI=1S/C23H32N2O7S2Si/c1-8-16(32-35(6,7)22(2,3)4)17-19(26)24-18(20(27)28)21(34(5)31)33-23(17,24)13-14-9-11-15(12-10-14)25(29)30/h9-12,16-17H,8,13H2,1-7H3,(H,27,28)/t16-,17+,23+,34?/m0/s1. The lowest BCUT2D eigenvalue weighted by atomic mass is 9.77. The molecule has 35 heavy (non-hydrogen) atoms. The second kappa shape index (κ2) is 9.54. The number of nitro groups is 1. The molecule has 1 aromatic rings. The molecule has 1 saturated heterocycles. The third-order valence-electron chi connectivity index (χ3n) is 7.13. The molecule has 2 aliphatic heterocycles. The molecule has 192 valence electrons. The van der Waals surface area contributed by atoms with Crippen LogP contribution >= 0.6 is 11.8 Å². The SMILES string of the molecule is CC[C@H](O[Si](C)(C)C(C)(C)C)[C@@H]1C(=O)N2C(C(=O)O)=C([S+](C)[O-])S[C@]12Cc1ccc([N+](=O)[O-])cc1. The first kappa shape index (κ1) is 27.7. The third kappa shape index (κ3) is 4.78. The molecule has 2 aliphatic rings. The molecule has 0 aliphatic carbocycles. The summed E-state index contributed by atoms with van der Waals surface area (Å²) < 4.78 is 19.4. The van der Waals surface area contributed by atoms with E-state index in [1.165, 1.54) is 23.3 Å². The van der Waals surface area contributed by atoms with Crippen LogP contribution in [-0.2, 0) is 31.6 Å². The van der Waals surface area contributed by atoms with E-state index in [1.807, 2.05) is 6.92 Å². The van der Waals surface area contributed by atoms with E-state index in [2.05, 4.69) is 33.9 Å². The molecular formula is C23H32N2O7S2Si. The first-order valence-corrected chi connectivity index (χ1v) is 16.6. The lowest BCUT2D eigenvalue weighted by molar-refractivity contribution is -0.384. The molecule has 0 bridgehead atoms. The van der Waals surface area contributed by atoms with Gasteiger partial charge in [0.25, 0.3) is 5.69 Å². The maximum Gasteiger partial charge on any atom is 0.358 e. The van der Waals surface area contributed by atoms with Crippen LogP contribution in [0.2, 0.25) is 18.1 Å². The Morgan fingerprint density at radius 3 is 2.34 bits per heavy atom. The molecule has 2 heterocycles. The first-order valence-electron chi connectivity index (χ1n) is 11.3. The normalized spacial score (nSPS) is 24.2. The van der Waals surface area contributed by atoms with Crippen LogP contribution in [0.25, 0.3) is 0 Å². The number of non-ortho nitro benzene ring substituents is 1. The number of carbonyl (C=O) groups excluding carboxylic acids is 1. The van der Waals surface area contributed by atoms with Crippen LogP contribution in [0.4, 0.5) is 5.69 Å². The number of aliphatic carboxylic acids is 1. The van der Waals surface area contributed by atoms with Crippen LogP contribution in [-0.4, -0.2) is 56.9 Å². The van der Waals surface area contributed by atoms with E-state index >= 15 is 0 Å². The van der Waals surface area contributed by atoms with Crippen molar-refractivity contribution in [3.63, 3.8) is 0 Å². The molecule has 0 radical (unpaired) electrons. The number of carbonyl (C=O) groups is 2. The van der Waals surface area contributed by atoms with Crippen molar-refractivity contribution in [1.82, 2.24) is 4.90 Å². The molecule has 1 unspecified atom stereocenters. The van der Waals surface area contributed by atoms with Crippen molar-refractivity contribution in [1.29, 1.82) is 0 Å². The molecule has 9 nitrogen and oxygen atoms in total. The summed E-state index contributed by atoms with van der Waals surface area (Å²) in [5.74, 6) is -2.32. The highest BCUT2D eigenvalue weighted by Crippen LogP contribution is 2.62. The van der Waals surface area contributed by atoms with Gasteiger partial charge in [-0.25, -0.2) is 4.79 Å². The zero-order valence-corrected chi connectivity index (χ0v) is 23.6. The van der Waals surface area contributed by atoms with E-state index in [0.717, 1.165) is 11.8 Å². The van der Waals surface area contributed by atoms with Gasteiger partial charge in [-0.3, -0.25) is 19.8 Å². The van der Waals surface area contributed by atoms with Gasteiger partial charge in [0, 0.05) is 18.6 Å². The molecule has 1 N–H and O–H groups in total. The quantitative estimate of drug-likeness (QED) is 0.159.